The average Bonchev–Trinajstić information content (AvgIpc) is 3.76. The van der Waals surface area contributed by atoms with Gasteiger partial charge < -0.3 is 4.42 Å². The zero-order valence-corrected chi connectivity index (χ0v) is 38.6. The molecular formula is C44B28O. The van der Waals surface area contributed by atoms with Crippen LogP contribution < -0.4 is 153 Å². The van der Waals surface area contributed by atoms with Gasteiger partial charge in [0.2, 0.25) is 0 Å². The normalized spacial score (nSPS) is 11.7. The molecule has 0 aliphatic carbocycles. The highest BCUT2D eigenvalue weighted by molar-refractivity contribution is 6.77. The molecule has 8 aromatic carbocycles. The molecule has 0 N–H and O–H groups in total. The number of furan rings is 1. The molecular weight excluding hydrogens is 847 g/mol. The third kappa shape index (κ3) is 7.09. The zero-order chi connectivity index (χ0) is 54.1. The summed E-state index contributed by atoms with van der Waals surface area (Å²) in [6.45, 7) is 0. The third-order valence-electron chi connectivity index (χ3n) is 14.0. The summed E-state index contributed by atoms with van der Waals surface area (Å²) < 4.78 is 6.18. The summed E-state index contributed by atoms with van der Waals surface area (Å²) in [4.78, 5) is 0. The summed E-state index contributed by atoms with van der Waals surface area (Å²) in [5.74, 6) is 0. The number of benzene rings is 8. The summed E-state index contributed by atoms with van der Waals surface area (Å²) in [5, 5.41) is 0.0761. The lowest BCUT2D eigenvalue weighted by atomic mass is 9.54. The minimum absolute atomic E-state index is 0.00734. The second-order valence-electron chi connectivity index (χ2n) is 17.6. The van der Waals surface area contributed by atoms with E-state index >= 15 is 0 Å². The summed E-state index contributed by atoms with van der Waals surface area (Å²) in [5.41, 5.74) is -5.52. The van der Waals surface area contributed by atoms with Crippen LogP contribution in [0.15, 0.2) is 4.42 Å². The molecule has 29 heteroatoms. The first-order valence-electron chi connectivity index (χ1n) is 21.2. The van der Waals surface area contributed by atoms with Crippen LogP contribution in [0.25, 0.3) is 88.0 Å². The average molecular weight is 847 g/mol. The highest BCUT2D eigenvalue weighted by Crippen LogP contribution is 2.39. The molecule has 73 heavy (non-hydrogen) atoms. The van der Waals surface area contributed by atoms with E-state index in [4.69, 9.17) is 224 Å². The largest absolute Gasteiger partial charge is 0.457 e. The van der Waals surface area contributed by atoms with Crippen molar-refractivity contribution in [2.45, 2.75) is 0 Å². The maximum Gasteiger partial charge on any atom is 0.128 e. The highest BCUT2D eigenvalue weighted by atomic mass is 16.3. The van der Waals surface area contributed by atoms with Crippen LogP contribution in [0.2, 0.25) is 0 Å². The van der Waals surface area contributed by atoms with E-state index in [-0.39, 0.29) is 241 Å². The van der Waals surface area contributed by atoms with Crippen molar-refractivity contribution in [3.63, 3.8) is 0 Å². The van der Waals surface area contributed by atoms with Crippen molar-refractivity contribution < 1.29 is 4.42 Å². The predicted octanol–water partition coefficient (Wildman–Crippen LogP) is -21.2. The van der Waals surface area contributed by atoms with E-state index in [0.29, 0.717) is 0 Å². The lowest BCUT2D eigenvalue weighted by Gasteiger charge is -2.33. The van der Waals surface area contributed by atoms with Gasteiger partial charge in [-0.2, -0.15) is 0 Å². The van der Waals surface area contributed by atoms with Crippen LogP contribution in [-0.4, -0.2) is 220 Å². The Bertz CT molecular complexity index is 3950. The first-order chi connectivity index (χ1) is 34.0. The molecule has 1 nitrogen and oxygen atoms in total. The van der Waals surface area contributed by atoms with Crippen molar-refractivity contribution in [1.82, 2.24) is 0 Å². The molecule has 0 saturated heterocycles. The standard InChI is InChI=1S/C44B28O/c45-15-3-1(9-20(50)24(54)11(25(55)21(9)51)7-8-14-30(60)37(67)40(70)42(72)44(14)73-43(8)41(71)38(68)19(7)49)4-6(18(48)34(64)32(62)16(4)46)2(5(3)17(47)33(63)31(15)61)10-22(52)26(56)12(27(57)23(10)53)13-28(58)35(65)39(69)36(66)29(13)59. The van der Waals surface area contributed by atoms with E-state index in [1.807, 2.05) is 0 Å². The molecule has 9 rings (SSSR count). The van der Waals surface area contributed by atoms with Gasteiger partial charge in [-0.3, -0.25) is 0 Å². The molecule has 0 spiro atoms. The van der Waals surface area contributed by atoms with Crippen molar-refractivity contribution in [1.29, 1.82) is 0 Å². The molecule has 0 atom stereocenters. The van der Waals surface area contributed by atoms with Crippen LogP contribution >= 0.6 is 0 Å². The third-order valence-corrected chi connectivity index (χ3v) is 14.0. The molecule has 1 aromatic heterocycles. The van der Waals surface area contributed by atoms with Gasteiger partial charge in [-0.1, -0.05) is 98.3 Å². The van der Waals surface area contributed by atoms with Crippen molar-refractivity contribution in [2.24, 2.45) is 0 Å². The Morgan fingerprint density at radius 2 is 0.288 bits per heavy atom. The van der Waals surface area contributed by atoms with Gasteiger partial charge in [-0.15, -0.1) is 54.6 Å². The number of hydrogen-bond acceptors (Lipinski definition) is 1. The smallest absolute Gasteiger partial charge is 0.128 e. The molecule has 0 aliphatic heterocycles. The minimum atomic E-state index is -0.278. The van der Waals surface area contributed by atoms with Gasteiger partial charge in [0, 0.05) is 10.8 Å². The molecule has 56 radical (unpaired) electrons. The van der Waals surface area contributed by atoms with E-state index in [0.717, 1.165) is 0 Å². The fraction of sp³-hybridized carbons (Fsp3) is 0. The Balaban J connectivity index is 1.51. The predicted molar refractivity (Wildman–Crippen MR) is 341 cm³/mol. The van der Waals surface area contributed by atoms with E-state index in [2.05, 4.69) is 0 Å². The Morgan fingerprint density at radius 3 is 0.589 bits per heavy atom. The van der Waals surface area contributed by atoms with Gasteiger partial charge in [-0.05, 0) is 66.1 Å². The fourth-order valence-corrected chi connectivity index (χ4v) is 9.95. The molecule has 1 heterocycles. The Labute approximate surface area is 461 Å². The molecule has 0 saturated carbocycles. The zero-order valence-electron chi connectivity index (χ0n) is 38.6. The second kappa shape index (κ2) is 18.3. The summed E-state index contributed by atoms with van der Waals surface area (Å²) in [6.07, 6.45) is 0. The number of fused-ring (bicyclic) bond motifs is 5. The first kappa shape index (κ1) is 53.7. The molecule has 0 bridgehead atoms. The number of rotatable bonds is 4. The van der Waals surface area contributed by atoms with Crippen molar-refractivity contribution in [2.75, 3.05) is 0 Å². The maximum absolute atomic E-state index is 7.19. The highest BCUT2D eigenvalue weighted by Gasteiger charge is 2.31. The topological polar surface area (TPSA) is 13.1 Å². The summed E-state index contributed by atoms with van der Waals surface area (Å²) in [7, 11) is 188. The van der Waals surface area contributed by atoms with Crippen LogP contribution in [0.1, 0.15) is 0 Å². The lowest BCUT2D eigenvalue weighted by Crippen LogP contribution is -2.57. The molecule has 266 valence electrons. The van der Waals surface area contributed by atoms with Gasteiger partial charge in [0.05, 0.1) is 0 Å². The van der Waals surface area contributed by atoms with Gasteiger partial charge in [-0.25, -0.2) is 0 Å². The van der Waals surface area contributed by atoms with Crippen molar-refractivity contribution in [3.05, 3.63) is 0 Å². The van der Waals surface area contributed by atoms with Crippen LogP contribution in [0.5, 0.6) is 0 Å². The van der Waals surface area contributed by atoms with E-state index in [9.17, 15) is 0 Å². The van der Waals surface area contributed by atoms with E-state index < -0.39 is 0 Å². The van der Waals surface area contributed by atoms with E-state index in [1.165, 1.54) is 0 Å². The van der Waals surface area contributed by atoms with Gasteiger partial charge in [0.15, 0.2) is 0 Å². The van der Waals surface area contributed by atoms with Gasteiger partial charge >= 0.3 is 0 Å². The van der Waals surface area contributed by atoms with Crippen LogP contribution in [0, 0.1) is 0 Å². The van der Waals surface area contributed by atoms with Gasteiger partial charge in [0.25, 0.3) is 0 Å². The van der Waals surface area contributed by atoms with Gasteiger partial charge in [0.1, 0.15) is 231 Å². The van der Waals surface area contributed by atoms with Crippen molar-refractivity contribution >= 4 is 416 Å². The Kier molecular flexibility index (Phi) is 13.5. The lowest BCUT2D eigenvalue weighted by molar-refractivity contribution is 0.675. The maximum atomic E-state index is 7.19. The van der Waals surface area contributed by atoms with Crippen LogP contribution in [-0.2, 0) is 0 Å². The molecule has 0 amide bonds. The molecule has 0 aliphatic rings. The minimum Gasteiger partial charge on any atom is -0.457 e. The summed E-state index contributed by atoms with van der Waals surface area (Å²) in [6, 6.07) is 0. The molecule has 9 aromatic rings. The Hall–Kier alpha value is -4.10. The Morgan fingerprint density at radius 1 is 0.123 bits per heavy atom. The van der Waals surface area contributed by atoms with Crippen LogP contribution in [0.3, 0.4) is 0 Å². The fourth-order valence-electron chi connectivity index (χ4n) is 9.95. The van der Waals surface area contributed by atoms with Crippen molar-refractivity contribution in [3.8, 4) is 44.5 Å². The first-order valence-corrected chi connectivity index (χ1v) is 21.2. The molecule has 0 fully saturated rings. The quantitative estimate of drug-likeness (QED) is 0.127. The van der Waals surface area contributed by atoms with E-state index in [1.54, 1.807) is 0 Å². The monoisotopic (exact) mass is 852 g/mol. The SMILES string of the molecule is [B]c1c([B])c([B])c(-c2c([B])c([B])c(-c3c4c([B])c([B])c([B])c([B])c4c(-c4c([B])c([B])c(-c5c([B])c([B])c([B])c6oc7c([B])c([B])c([B])c([B])c7c56)c([B])c4[B])c4c([B])c([B])c([B])c([B])c34)c([B])c2[B])c([B])c1[B]. The number of hydrogen-bond donors (Lipinski definition) is 0. The summed E-state index contributed by atoms with van der Waals surface area (Å²) >= 11 is 0. The van der Waals surface area contributed by atoms with Crippen LogP contribution in [0.4, 0.5) is 0 Å². The second-order valence-corrected chi connectivity index (χ2v) is 17.6. The molecule has 0 unspecified atom stereocenters.